The van der Waals surface area contributed by atoms with Gasteiger partial charge < -0.3 is 4.74 Å². The zero-order valence-electron chi connectivity index (χ0n) is 8.53. The van der Waals surface area contributed by atoms with Gasteiger partial charge in [-0.2, -0.15) is 0 Å². The fourth-order valence-corrected chi connectivity index (χ4v) is 1.90. The van der Waals surface area contributed by atoms with Crippen LogP contribution in [0.25, 0.3) is 0 Å². The van der Waals surface area contributed by atoms with Crippen LogP contribution in [0.2, 0.25) is 0 Å². The molecule has 3 heteroatoms. The first-order valence-electron chi connectivity index (χ1n) is 4.97. The number of fused-ring (bicyclic) bond motifs is 1. The summed E-state index contributed by atoms with van der Waals surface area (Å²) in [5.41, 5.74) is 1.04. The minimum atomic E-state index is -0.339. The van der Waals surface area contributed by atoms with E-state index < -0.39 is 0 Å². The maximum absolute atomic E-state index is 11.5. The van der Waals surface area contributed by atoms with E-state index in [0.29, 0.717) is 12.2 Å². The number of allylic oxidation sites excluding steroid dienone is 5. The van der Waals surface area contributed by atoms with Crippen molar-refractivity contribution in [3.05, 3.63) is 35.6 Å². The number of esters is 1. The zero-order chi connectivity index (χ0) is 10.8. The molecule has 0 heterocycles. The highest BCUT2D eigenvalue weighted by atomic mass is 16.5. The average molecular weight is 204 g/mol. The van der Waals surface area contributed by atoms with Crippen LogP contribution in [0.4, 0.5) is 0 Å². The Labute approximate surface area is 88.1 Å². The summed E-state index contributed by atoms with van der Waals surface area (Å²) in [5, 5.41) is 0. The fraction of sp³-hybridized carbons (Fsp3) is 0.333. The molecular weight excluding hydrogens is 192 g/mol. The Hall–Kier alpha value is -1.64. The number of hydrogen-bond acceptors (Lipinski definition) is 3. The molecular formula is C12H12O3. The van der Waals surface area contributed by atoms with Crippen LogP contribution >= 0.6 is 0 Å². The first kappa shape index (κ1) is 9.90. The molecule has 78 valence electrons. The molecule has 0 aliphatic heterocycles. The fourth-order valence-electron chi connectivity index (χ4n) is 1.90. The Kier molecular flexibility index (Phi) is 2.54. The van der Waals surface area contributed by atoms with Gasteiger partial charge >= 0.3 is 5.97 Å². The lowest BCUT2D eigenvalue weighted by Crippen LogP contribution is -2.04. The minimum Gasteiger partial charge on any atom is -0.427 e. The first-order chi connectivity index (χ1) is 7.16. The van der Waals surface area contributed by atoms with Crippen LogP contribution in [-0.2, 0) is 14.3 Å². The molecule has 0 N–H and O–H groups in total. The molecule has 1 atom stereocenters. The smallest absolute Gasteiger partial charge is 0.308 e. The average Bonchev–Trinajstić information content (AvgIpc) is 2.41. The number of carbonyl (C=O) groups is 2. The second-order valence-electron chi connectivity index (χ2n) is 3.71. The minimum absolute atomic E-state index is 0.102. The summed E-state index contributed by atoms with van der Waals surface area (Å²) in [7, 11) is 0. The van der Waals surface area contributed by atoms with Crippen molar-refractivity contribution in [2.75, 3.05) is 0 Å². The van der Waals surface area contributed by atoms with Gasteiger partial charge in [0, 0.05) is 13.3 Å². The van der Waals surface area contributed by atoms with Crippen LogP contribution in [0.15, 0.2) is 35.6 Å². The van der Waals surface area contributed by atoms with E-state index in [9.17, 15) is 9.59 Å². The maximum Gasteiger partial charge on any atom is 0.308 e. The van der Waals surface area contributed by atoms with Crippen molar-refractivity contribution in [1.82, 2.24) is 0 Å². The zero-order valence-corrected chi connectivity index (χ0v) is 8.53. The third kappa shape index (κ3) is 2.06. The van der Waals surface area contributed by atoms with E-state index in [-0.39, 0.29) is 17.7 Å². The van der Waals surface area contributed by atoms with Crippen LogP contribution in [0.5, 0.6) is 0 Å². The van der Waals surface area contributed by atoms with Crippen molar-refractivity contribution in [2.45, 2.75) is 19.8 Å². The molecule has 2 aliphatic rings. The quantitative estimate of drug-likeness (QED) is 0.613. The molecule has 1 unspecified atom stereocenters. The Bertz CT molecular complexity index is 399. The highest BCUT2D eigenvalue weighted by Crippen LogP contribution is 2.31. The van der Waals surface area contributed by atoms with Crippen molar-refractivity contribution < 1.29 is 14.3 Å². The van der Waals surface area contributed by atoms with Gasteiger partial charge in [-0.05, 0) is 18.6 Å². The van der Waals surface area contributed by atoms with Gasteiger partial charge in [0.15, 0.2) is 0 Å². The van der Waals surface area contributed by atoms with Crippen LogP contribution in [-0.4, -0.2) is 11.8 Å². The molecule has 15 heavy (non-hydrogen) atoms. The Morgan fingerprint density at radius 3 is 3.00 bits per heavy atom. The van der Waals surface area contributed by atoms with E-state index in [0.717, 1.165) is 12.0 Å². The second-order valence-corrected chi connectivity index (χ2v) is 3.71. The van der Waals surface area contributed by atoms with Crippen LogP contribution in [0.3, 0.4) is 0 Å². The molecule has 2 rings (SSSR count). The number of ether oxygens (including phenoxy) is 1. The van der Waals surface area contributed by atoms with Crippen LogP contribution in [0.1, 0.15) is 19.8 Å². The van der Waals surface area contributed by atoms with Crippen molar-refractivity contribution in [2.24, 2.45) is 5.92 Å². The van der Waals surface area contributed by atoms with Gasteiger partial charge in [0.25, 0.3) is 0 Å². The number of carbonyl (C=O) groups excluding carboxylic acids is 2. The molecule has 0 amide bonds. The Balaban J connectivity index is 2.24. The number of Topliss-reactive ketones (excluding diaryl/α,β-unsaturated/α-hetero) is 1. The number of ketones is 1. The molecule has 2 aliphatic carbocycles. The topological polar surface area (TPSA) is 43.4 Å². The van der Waals surface area contributed by atoms with E-state index in [4.69, 9.17) is 4.74 Å². The van der Waals surface area contributed by atoms with E-state index in [1.807, 2.05) is 6.08 Å². The van der Waals surface area contributed by atoms with Gasteiger partial charge in [0.2, 0.25) is 0 Å². The standard InChI is InChI=1S/C12H12O3/c1-8(13)15-10-3-2-4-11-9(7-10)5-6-12(11)14/h2-4,7,11H,5-6H2,1H3. The normalized spacial score (nSPS) is 24.1. The van der Waals surface area contributed by atoms with E-state index >= 15 is 0 Å². The summed E-state index contributed by atoms with van der Waals surface area (Å²) in [6.45, 7) is 1.37. The predicted octanol–water partition coefficient (Wildman–Crippen LogP) is 1.91. The number of rotatable bonds is 1. The van der Waals surface area contributed by atoms with E-state index in [1.165, 1.54) is 6.92 Å². The van der Waals surface area contributed by atoms with Crippen molar-refractivity contribution in [1.29, 1.82) is 0 Å². The third-order valence-electron chi connectivity index (χ3n) is 2.56. The SMILES string of the molecule is CC(=O)OC1=CC=CC2C(=O)CCC2=C1. The van der Waals surface area contributed by atoms with Gasteiger partial charge in [0.1, 0.15) is 11.5 Å². The molecule has 0 saturated heterocycles. The predicted molar refractivity (Wildman–Crippen MR) is 54.8 cm³/mol. The molecule has 3 nitrogen and oxygen atoms in total. The Morgan fingerprint density at radius 1 is 1.47 bits per heavy atom. The molecule has 0 aromatic heterocycles. The molecule has 0 aromatic carbocycles. The monoisotopic (exact) mass is 204 g/mol. The third-order valence-corrected chi connectivity index (χ3v) is 2.56. The lowest BCUT2D eigenvalue weighted by Gasteiger charge is -2.04. The maximum atomic E-state index is 11.5. The summed E-state index contributed by atoms with van der Waals surface area (Å²) >= 11 is 0. The lowest BCUT2D eigenvalue weighted by atomic mass is 10.0. The van der Waals surface area contributed by atoms with E-state index in [1.54, 1.807) is 18.2 Å². The molecule has 0 radical (unpaired) electrons. The summed E-state index contributed by atoms with van der Waals surface area (Å²) < 4.78 is 5.00. The molecule has 0 aromatic rings. The van der Waals surface area contributed by atoms with Gasteiger partial charge in [-0.3, -0.25) is 9.59 Å². The second kappa shape index (κ2) is 3.85. The molecule has 0 bridgehead atoms. The summed E-state index contributed by atoms with van der Waals surface area (Å²) in [6, 6.07) is 0. The largest absolute Gasteiger partial charge is 0.427 e. The lowest BCUT2D eigenvalue weighted by molar-refractivity contribution is -0.136. The summed E-state index contributed by atoms with van der Waals surface area (Å²) in [6.07, 6.45) is 8.50. The van der Waals surface area contributed by atoms with Crippen LogP contribution in [0, 0.1) is 5.92 Å². The number of hydrogen-bond donors (Lipinski definition) is 0. The molecule has 1 fully saturated rings. The van der Waals surface area contributed by atoms with Gasteiger partial charge in [-0.25, -0.2) is 0 Å². The Morgan fingerprint density at radius 2 is 2.27 bits per heavy atom. The summed E-state index contributed by atoms with van der Waals surface area (Å²) in [5.74, 6) is 0.324. The molecule has 0 spiro atoms. The first-order valence-corrected chi connectivity index (χ1v) is 4.97. The highest BCUT2D eigenvalue weighted by molar-refractivity contribution is 5.89. The molecule has 1 saturated carbocycles. The van der Waals surface area contributed by atoms with Gasteiger partial charge in [-0.1, -0.05) is 17.7 Å². The van der Waals surface area contributed by atoms with Gasteiger partial charge in [-0.15, -0.1) is 0 Å². The summed E-state index contributed by atoms with van der Waals surface area (Å²) in [4.78, 5) is 22.3. The van der Waals surface area contributed by atoms with Gasteiger partial charge in [0.05, 0.1) is 5.92 Å². The van der Waals surface area contributed by atoms with Crippen molar-refractivity contribution in [3.8, 4) is 0 Å². The highest BCUT2D eigenvalue weighted by Gasteiger charge is 2.28. The van der Waals surface area contributed by atoms with E-state index in [2.05, 4.69) is 0 Å². The van der Waals surface area contributed by atoms with Crippen LogP contribution < -0.4 is 0 Å². The van der Waals surface area contributed by atoms with Crippen molar-refractivity contribution >= 4 is 11.8 Å². The van der Waals surface area contributed by atoms with Crippen molar-refractivity contribution in [3.63, 3.8) is 0 Å².